The van der Waals surface area contributed by atoms with Crippen molar-refractivity contribution in [1.82, 2.24) is 0 Å². The van der Waals surface area contributed by atoms with Gasteiger partial charge >= 0.3 is 0 Å². The zero-order valence-electron chi connectivity index (χ0n) is 10.5. The Hall–Kier alpha value is -1.15. The fourth-order valence-corrected chi connectivity index (χ4v) is 3.14. The number of nitrogens with one attached hydrogen (secondary N) is 1. The third-order valence-electron chi connectivity index (χ3n) is 2.67. The maximum atomic E-state index is 13.3. The van der Waals surface area contributed by atoms with E-state index in [0.29, 0.717) is 9.50 Å². The smallest absolute Gasteiger partial charge is 0.261 e. The van der Waals surface area contributed by atoms with Gasteiger partial charge in [-0.25, -0.2) is 12.8 Å². The van der Waals surface area contributed by atoms with E-state index in [9.17, 15) is 12.8 Å². The fraction of sp³-hybridized carbons (Fsp3) is 0.0769. The molecule has 2 rings (SSSR count). The van der Waals surface area contributed by atoms with Crippen molar-refractivity contribution in [2.24, 2.45) is 0 Å². The molecular formula is C13H10BrClFNO3S. The molecule has 21 heavy (non-hydrogen) atoms. The van der Waals surface area contributed by atoms with Gasteiger partial charge < -0.3 is 5.11 Å². The lowest BCUT2D eigenvalue weighted by Crippen LogP contribution is -2.13. The van der Waals surface area contributed by atoms with Crippen LogP contribution in [0.2, 0.25) is 5.02 Å². The lowest BCUT2D eigenvalue weighted by Gasteiger charge is -2.10. The summed E-state index contributed by atoms with van der Waals surface area (Å²) in [7, 11) is -3.89. The van der Waals surface area contributed by atoms with Crippen LogP contribution in [0.3, 0.4) is 0 Å². The first-order valence-electron chi connectivity index (χ1n) is 5.70. The standard InChI is InChI=1S/C13H10BrClFNO3S/c14-11-3-1-9(6-12(11)15)17-21(19,20)10-2-4-13(16)8(5-10)7-18/h1-6,17-18H,7H2. The first kappa shape index (κ1) is 16.2. The normalized spacial score (nSPS) is 11.4. The molecule has 2 aromatic rings. The Labute approximate surface area is 134 Å². The predicted molar refractivity (Wildman–Crippen MR) is 82.3 cm³/mol. The summed E-state index contributed by atoms with van der Waals surface area (Å²) >= 11 is 9.09. The highest BCUT2D eigenvalue weighted by atomic mass is 79.9. The van der Waals surface area contributed by atoms with Crippen LogP contribution in [0.5, 0.6) is 0 Å². The van der Waals surface area contributed by atoms with E-state index in [1.807, 2.05) is 0 Å². The van der Waals surface area contributed by atoms with E-state index in [4.69, 9.17) is 16.7 Å². The van der Waals surface area contributed by atoms with Gasteiger partial charge in [0.15, 0.2) is 0 Å². The minimum atomic E-state index is -3.89. The number of aliphatic hydroxyl groups is 1. The van der Waals surface area contributed by atoms with Crippen LogP contribution in [-0.4, -0.2) is 13.5 Å². The molecule has 0 saturated carbocycles. The molecule has 0 fully saturated rings. The van der Waals surface area contributed by atoms with Crippen molar-refractivity contribution in [3.63, 3.8) is 0 Å². The summed E-state index contributed by atoms with van der Waals surface area (Å²) in [5.74, 6) is -0.664. The van der Waals surface area contributed by atoms with E-state index in [2.05, 4.69) is 20.7 Å². The van der Waals surface area contributed by atoms with E-state index >= 15 is 0 Å². The minimum Gasteiger partial charge on any atom is -0.392 e. The van der Waals surface area contributed by atoms with E-state index in [-0.39, 0.29) is 16.1 Å². The van der Waals surface area contributed by atoms with Gasteiger partial charge in [-0.15, -0.1) is 0 Å². The second-order valence-electron chi connectivity index (χ2n) is 4.15. The molecule has 0 heterocycles. The van der Waals surface area contributed by atoms with Gasteiger partial charge in [-0.3, -0.25) is 4.72 Å². The highest BCUT2D eigenvalue weighted by Gasteiger charge is 2.16. The average Bonchev–Trinajstić information content (AvgIpc) is 2.43. The molecular weight excluding hydrogens is 385 g/mol. The molecule has 0 aliphatic heterocycles. The second-order valence-corrected chi connectivity index (χ2v) is 7.09. The Kier molecular flexibility index (Phi) is 4.88. The second kappa shape index (κ2) is 6.31. The first-order chi connectivity index (χ1) is 9.83. The van der Waals surface area contributed by atoms with Gasteiger partial charge in [-0.2, -0.15) is 0 Å². The summed E-state index contributed by atoms with van der Waals surface area (Å²) < 4.78 is 40.7. The third-order valence-corrected chi connectivity index (χ3v) is 5.28. The van der Waals surface area contributed by atoms with Crippen LogP contribution in [0.1, 0.15) is 5.56 Å². The Bertz CT molecular complexity index is 783. The van der Waals surface area contributed by atoms with Crippen molar-refractivity contribution in [3.05, 3.63) is 57.3 Å². The SMILES string of the molecule is O=S(=O)(Nc1ccc(Br)c(Cl)c1)c1ccc(F)c(CO)c1. The Balaban J connectivity index is 2.35. The molecule has 2 N–H and O–H groups in total. The maximum absolute atomic E-state index is 13.3. The summed E-state index contributed by atoms with van der Waals surface area (Å²) in [6.07, 6.45) is 0. The summed E-state index contributed by atoms with van der Waals surface area (Å²) in [6, 6.07) is 7.78. The number of hydrogen-bond acceptors (Lipinski definition) is 3. The van der Waals surface area contributed by atoms with Crippen molar-refractivity contribution in [3.8, 4) is 0 Å². The number of anilines is 1. The van der Waals surface area contributed by atoms with E-state index in [1.165, 1.54) is 12.1 Å². The summed E-state index contributed by atoms with van der Waals surface area (Å²) in [5.41, 5.74) is 0.185. The Morgan fingerprint density at radius 1 is 1.24 bits per heavy atom. The number of aliphatic hydroxyl groups excluding tert-OH is 1. The van der Waals surface area contributed by atoms with Crippen molar-refractivity contribution in [2.75, 3.05) is 4.72 Å². The van der Waals surface area contributed by atoms with Crippen LogP contribution in [-0.2, 0) is 16.6 Å². The summed E-state index contributed by atoms with van der Waals surface area (Å²) in [4.78, 5) is -0.146. The van der Waals surface area contributed by atoms with Crippen LogP contribution in [0.25, 0.3) is 0 Å². The van der Waals surface area contributed by atoms with Gasteiger partial charge in [0, 0.05) is 10.0 Å². The molecule has 112 valence electrons. The topological polar surface area (TPSA) is 66.4 Å². The summed E-state index contributed by atoms with van der Waals surface area (Å²) in [5, 5.41) is 9.34. The highest BCUT2D eigenvalue weighted by Crippen LogP contribution is 2.27. The molecule has 0 aromatic heterocycles. The molecule has 4 nitrogen and oxygen atoms in total. The predicted octanol–water partition coefficient (Wildman–Crippen LogP) is 3.53. The summed E-state index contributed by atoms with van der Waals surface area (Å²) in [6.45, 7) is -0.584. The van der Waals surface area contributed by atoms with E-state index < -0.39 is 22.4 Å². The van der Waals surface area contributed by atoms with Crippen LogP contribution < -0.4 is 4.72 Å². The van der Waals surface area contributed by atoms with Gasteiger partial charge in [0.05, 0.1) is 22.2 Å². The molecule has 0 bridgehead atoms. The zero-order valence-corrected chi connectivity index (χ0v) is 13.6. The third kappa shape index (κ3) is 3.74. The van der Waals surface area contributed by atoms with Gasteiger partial charge in [-0.05, 0) is 52.3 Å². The molecule has 0 saturated heterocycles. The highest BCUT2D eigenvalue weighted by molar-refractivity contribution is 9.10. The molecule has 0 amide bonds. The zero-order chi connectivity index (χ0) is 15.6. The van der Waals surface area contributed by atoms with Crippen LogP contribution in [0.4, 0.5) is 10.1 Å². The number of halogens is 3. The monoisotopic (exact) mass is 393 g/mol. The maximum Gasteiger partial charge on any atom is 0.261 e. The number of benzene rings is 2. The Morgan fingerprint density at radius 2 is 1.95 bits per heavy atom. The minimum absolute atomic E-state index is 0.0910. The van der Waals surface area contributed by atoms with Gasteiger partial charge in [0.1, 0.15) is 5.82 Å². The van der Waals surface area contributed by atoms with Gasteiger partial charge in [0.2, 0.25) is 0 Å². The molecule has 0 aliphatic carbocycles. The van der Waals surface area contributed by atoms with Crippen molar-refractivity contribution in [1.29, 1.82) is 0 Å². The quantitative estimate of drug-likeness (QED) is 0.833. The first-order valence-corrected chi connectivity index (χ1v) is 8.36. The number of rotatable bonds is 4. The van der Waals surface area contributed by atoms with E-state index in [1.54, 1.807) is 6.07 Å². The van der Waals surface area contributed by atoms with Crippen LogP contribution >= 0.6 is 27.5 Å². The van der Waals surface area contributed by atoms with Crippen LogP contribution in [0.15, 0.2) is 45.8 Å². The van der Waals surface area contributed by atoms with Gasteiger partial charge in [-0.1, -0.05) is 11.6 Å². The van der Waals surface area contributed by atoms with Crippen molar-refractivity contribution >= 4 is 43.2 Å². The fourth-order valence-electron chi connectivity index (χ4n) is 1.61. The molecule has 0 atom stereocenters. The number of hydrogen-bond donors (Lipinski definition) is 2. The molecule has 0 aliphatic rings. The van der Waals surface area contributed by atoms with E-state index in [0.717, 1.165) is 18.2 Å². The molecule has 2 aromatic carbocycles. The number of sulfonamides is 1. The largest absolute Gasteiger partial charge is 0.392 e. The van der Waals surface area contributed by atoms with Gasteiger partial charge in [0.25, 0.3) is 10.0 Å². The van der Waals surface area contributed by atoms with Crippen LogP contribution in [0, 0.1) is 5.82 Å². The van der Waals surface area contributed by atoms with Crippen molar-refractivity contribution < 1.29 is 17.9 Å². The lowest BCUT2D eigenvalue weighted by atomic mass is 10.2. The molecule has 8 heteroatoms. The molecule has 0 spiro atoms. The average molecular weight is 395 g/mol. The lowest BCUT2D eigenvalue weighted by molar-refractivity contribution is 0.275. The molecule has 0 unspecified atom stereocenters. The molecule has 0 radical (unpaired) electrons. The Morgan fingerprint density at radius 3 is 2.57 bits per heavy atom. The van der Waals surface area contributed by atoms with Crippen molar-refractivity contribution in [2.45, 2.75) is 11.5 Å².